The van der Waals surface area contributed by atoms with Crippen LogP contribution in [-0.4, -0.2) is 31.6 Å². The van der Waals surface area contributed by atoms with Gasteiger partial charge in [0.05, 0.1) is 11.3 Å². The van der Waals surface area contributed by atoms with Gasteiger partial charge in [-0.2, -0.15) is 0 Å². The maximum atomic E-state index is 12.8. The molecular formula is C17H26N2O4S. The second-order valence-corrected chi connectivity index (χ2v) is 8.31. The first-order valence-electron chi connectivity index (χ1n) is 8.46. The van der Waals surface area contributed by atoms with Crippen LogP contribution >= 0.6 is 0 Å². The Morgan fingerprint density at radius 3 is 2.33 bits per heavy atom. The van der Waals surface area contributed by atoms with Gasteiger partial charge in [-0.1, -0.05) is 25.7 Å². The predicted molar refractivity (Wildman–Crippen MR) is 94.0 cm³/mol. The zero-order valence-electron chi connectivity index (χ0n) is 14.2. The molecule has 1 aromatic carbocycles. The number of hydrogen-bond donors (Lipinski definition) is 3. The van der Waals surface area contributed by atoms with E-state index in [-0.39, 0.29) is 22.5 Å². The quantitative estimate of drug-likeness (QED) is 0.682. The summed E-state index contributed by atoms with van der Waals surface area (Å²) in [6.07, 6.45) is 5.94. The molecule has 24 heavy (non-hydrogen) atoms. The Hall–Kier alpha value is -1.60. The standard InChI is InChI=1S/C17H26N2O4S/c1-12(2)18-15-10-9-13(17(20)21)11-16(15)24(22,23)19-14-7-5-3-4-6-8-14/h9-12,14,18-19H,3-8H2,1-2H3,(H,20,21). The van der Waals surface area contributed by atoms with Crippen molar-refractivity contribution in [3.63, 3.8) is 0 Å². The van der Waals surface area contributed by atoms with Crippen molar-refractivity contribution < 1.29 is 18.3 Å². The maximum absolute atomic E-state index is 12.8. The summed E-state index contributed by atoms with van der Waals surface area (Å²) >= 11 is 0. The van der Waals surface area contributed by atoms with Crippen LogP contribution in [0.25, 0.3) is 0 Å². The summed E-state index contributed by atoms with van der Waals surface area (Å²) in [4.78, 5) is 11.2. The Kier molecular flexibility index (Phi) is 6.23. The van der Waals surface area contributed by atoms with Crippen LogP contribution in [0, 0.1) is 0 Å². The Balaban J connectivity index is 2.34. The molecular weight excluding hydrogens is 328 g/mol. The van der Waals surface area contributed by atoms with E-state index in [1.165, 1.54) is 18.2 Å². The lowest BCUT2D eigenvalue weighted by Gasteiger charge is -2.20. The van der Waals surface area contributed by atoms with Gasteiger partial charge in [0, 0.05) is 12.1 Å². The van der Waals surface area contributed by atoms with Crippen molar-refractivity contribution >= 4 is 21.7 Å². The molecule has 0 unspecified atom stereocenters. The molecule has 1 aliphatic rings. The third-order valence-electron chi connectivity index (χ3n) is 4.14. The molecule has 0 atom stereocenters. The molecule has 1 saturated carbocycles. The first-order chi connectivity index (χ1) is 11.3. The van der Waals surface area contributed by atoms with Gasteiger partial charge in [-0.15, -0.1) is 0 Å². The molecule has 1 fully saturated rings. The molecule has 0 radical (unpaired) electrons. The Morgan fingerprint density at radius 1 is 1.17 bits per heavy atom. The van der Waals surface area contributed by atoms with Crippen LogP contribution in [0.1, 0.15) is 62.7 Å². The molecule has 0 heterocycles. The van der Waals surface area contributed by atoms with Crippen molar-refractivity contribution in [1.82, 2.24) is 4.72 Å². The summed E-state index contributed by atoms with van der Waals surface area (Å²) in [5.74, 6) is -1.14. The van der Waals surface area contributed by atoms with E-state index >= 15 is 0 Å². The molecule has 0 spiro atoms. The smallest absolute Gasteiger partial charge is 0.335 e. The van der Waals surface area contributed by atoms with Crippen LogP contribution in [0.3, 0.4) is 0 Å². The van der Waals surface area contributed by atoms with Gasteiger partial charge < -0.3 is 10.4 Å². The summed E-state index contributed by atoms with van der Waals surface area (Å²) in [6.45, 7) is 3.81. The second-order valence-electron chi connectivity index (χ2n) is 6.62. The van der Waals surface area contributed by atoms with E-state index in [0.717, 1.165) is 38.5 Å². The molecule has 3 N–H and O–H groups in total. The number of nitrogens with one attached hydrogen (secondary N) is 2. The number of anilines is 1. The molecule has 0 saturated heterocycles. The van der Waals surface area contributed by atoms with Gasteiger partial charge in [0.15, 0.2) is 0 Å². The Bertz CT molecular complexity index is 678. The van der Waals surface area contributed by atoms with Gasteiger partial charge in [-0.05, 0) is 44.9 Å². The normalized spacial score (nSPS) is 16.8. The van der Waals surface area contributed by atoms with Crippen LogP contribution < -0.4 is 10.0 Å². The fraction of sp³-hybridized carbons (Fsp3) is 0.588. The SMILES string of the molecule is CC(C)Nc1ccc(C(=O)O)cc1S(=O)(=O)NC1CCCCCC1. The van der Waals surface area contributed by atoms with E-state index in [0.29, 0.717) is 5.69 Å². The highest BCUT2D eigenvalue weighted by atomic mass is 32.2. The summed E-state index contributed by atoms with van der Waals surface area (Å²) < 4.78 is 28.5. The van der Waals surface area contributed by atoms with Crippen molar-refractivity contribution in [3.05, 3.63) is 23.8 Å². The van der Waals surface area contributed by atoms with Gasteiger partial charge in [0.1, 0.15) is 4.90 Å². The Morgan fingerprint density at radius 2 is 1.79 bits per heavy atom. The van der Waals surface area contributed by atoms with Crippen molar-refractivity contribution in [2.45, 2.75) is 69.4 Å². The average Bonchev–Trinajstić information content (AvgIpc) is 2.74. The molecule has 6 nitrogen and oxygen atoms in total. The van der Waals surface area contributed by atoms with E-state index in [4.69, 9.17) is 0 Å². The highest BCUT2D eigenvalue weighted by Gasteiger charge is 2.25. The zero-order chi connectivity index (χ0) is 17.7. The largest absolute Gasteiger partial charge is 0.478 e. The fourth-order valence-electron chi connectivity index (χ4n) is 2.99. The average molecular weight is 354 g/mol. The first-order valence-corrected chi connectivity index (χ1v) is 9.94. The number of carboxylic acid groups (broad SMARTS) is 1. The predicted octanol–water partition coefficient (Wildman–Crippen LogP) is 3.21. The van der Waals surface area contributed by atoms with E-state index in [1.54, 1.807) is 0 Å². The minimum Gasteiger partial charge on any atom is -0.478 e. The second kappa shape index (κ2) is 7.98. The summed E-state index contributed by atoms with van der Waals surface area (Å²) in [6, 6.07) is 4.11. The number of carbonyl (C=O) groups is 1. The molecule has 0 bridgehead atoms. The Labute approximate surface area is 143 Å². The van der Waals surface area contributed by atoms with Gasteiger partial charge >= 0.3 is 5.97 Å². The molecule has 0 aliphatic heterocycles. The summed E-state index contributed by atoms with van der Waals surface area (Å²) in [5.41, 5.74) is 0.390. The van der Waals surface area contributed by atoms with Crippen molar-refractivity contribution in [3.8, 4) is 0 Å². The third-order valence-corrected chi connectivity index (χ3v) is 5.70. The summed E-state index contributed by atoms with van der Waals surface area (Å²) in [5, 5.41) is 12.3. The third kappa shape index (κ3) is 4.95. The maximum Gasteiger partial charge on any atom is 0.335 e. The zero-order valence-corrected chi connectivity index (χ0v) is 15.0. The summed E-state index contributed by atoms with van der Waals surface area (Å²) in [7, 11) is -3.78. The lowest BCUT2D eigenvalue weighted by atomic mass is 10.1. The van der Waals surface area contributed by atoms with E-state index in [9.17, 15) is 18.3 Å². The lowest BCUT2D eigenvalue weighted by Crippen LogP contribution is -2.35. The minimum absolute atomic E-state index is 0.000321. The number of rotatable bonds is 6. The fourth-order valence-corrected chi connectivity index (χ4v) is 4.49. The van der Waals surface area contributed by atoms with Crippen LogP contribution in [0.2, 0.25) is 0 Å². The monoisotopic (exact) mass is 354 g/mol. The van der Waals surface area contributed by atoms with Crippen molar-refractivity contribution in [2.75, 3.05) is 5.32 Å². The number of carboxylic acids is 1. The number of hydrogen-bond acceptors (Lipinski definition) is 4. The minimum atomic E-state index is -3.78. The molecule has 134 valence electrons. The van der Waals surface area contributed by atoms with E-state index < -0.39 is 16.0 Å². The molecule has 2 rings (SSSR count). The first kappa shape index (κ1) is 18.7. The molecule has 0 amide bonds. The van der Waals surface area contributed by atoms with Gasteiger partial charge in [-0.25, -0.2) is 17.9 Å². The molecule has 1 aliphatic carbocycles. The molecule has 7 heteroatoms. The van der Waals surface area contributed by atoms with Crippen LogP contribution in [0.4, 0.5) is 5.69 Å². The topological polar surface area (TPSA) is 95.5 Å². The molecule has 0 aromatic heterocycles. The van der Waals surface area contributed by atoms with E-state index in [2.05, 4.69) is 10.0 Å². The highest BCUT2D eigenvalue weighted by Crippen LogP contribution is 2.26. The van der Waals surface area contributed by atoms with Crippen molar-refractivity contribution in [2.24, 2.45) is 0 Å². The number of benzene rings is 1. The van der Waals surface area contributed by atoms with Crippen LogP contribution in [0.15, 0.2) is 23.1 Å². The van der Waals surface area contributed by atoms with E-state index in [1.807, 2.05) is 13.8 Å². The number of sulfonamides is 1. The number of aromatic carboxylic acids is 1. The van der Waals surface area contributed by atoms with Crippen molar-refractivity contribution in [1.29, 1.82) is 0 Å². The van der Waals surface area contributed by atoms with Gasteiger partial charge in [-0.3, -0.25) is 0 Å². The van der Waals surface area contributed by atoms with Crippen LogP contribution in [0.5, 0.6) is 0 Å². The van der Waals surface area contributed by atoms with Gasteiger partial charge in [0.2, 0.25) is 10.0 Å². The molecule has 1 aromatic rings. The lowest BCUT2D eigenvalue weighted by molar-refractivity contribution is 0.0696. The van der Waals surface area contributed by atoms with Crippen LogP contribution in [-0.2, 0) is 10.0 Å². The highest BCUT2D eigenvalue weighted by molar-refractivity contribution is 7.89. The van der Waals surface area contributed by atoms with Gasteiger partial charge in [0.25, 0.3) is 0 Å².